The number of hydrogen-bond donors (Lipinski definition) is 2. The van der Waals surface area contributed by atoms with Crippen molar-refractivity contribution >= 4 is 28.9 Å². The summed E-state index contributed by atoms with van der Waals surface area (Å²) < 4.78 is 18.9. The number of aromatic amines is 1. The molecular formula is C18H15FN6O2S. The zero-order chi connectivity index (χ0) is 19.5. The molecule has 1 amide bonds. The van der Waals surface area contributed by atoms with E-state index < -0.39 is 6.04 Å². The van der Waals surface area contributed by atoms with Gasteiger partial charge in [0, 0.05) is 12.5 Å². The maximum atomic E-state index is 13.3. The van der Waals surface area contributed by atoms with E-state index in [1.54, 1.807) is 18.2 Å². The van der Waals surface area contributed by atoms with E-state index in [9.17, 15) is 9.18 Å². The molecule has 8 nitrogen and oxygen atoms in total. The van der Waals surface area contributed by atoms with Crippen molar-refractivity contribution in [2.75, 3.05) is 0 Å². The zero-order valence-corrected chi connectivity index (χ0v) is 15.5. The van der Waals surface area contributed by atoms with Crippen LogP contribution in [0.2, 0.25) is 0 Å². The Kier molecular flexibility index (Phi) is 5.02. The minimum atomic E-state index is -0.642. The van der Waals surface area contributed by atoms with Crippen molar-refractivity contribution in [2.24, 2.45) is 4.99 Å². The molecule has 3 aromatic rings. The average molecular weight is 398 g/mol. The molecule has 0 saturated carbocycles. The van der Waals surface area contributed by atoms with Gasteiger partial charge >= 0.3 is 0 Å². The fraction of sp³-hybridized carbons (Fsp3) is 0.167. The standard InChI is InChI=1S/C18H15FN6O2S/c1-2-12-7-8-13(27-12)9-14-17(26)21-18(28-14)20-15(16-22-24-25-23-16)10-3-5-11(19)6-4-10/h3-9,15H,2H2,1H3,(H,20,21,26)(H,22,23,24,25)/b14-9-. The molecule has 0 spiro atoms. The third-order valence-corrected chi connectivity index (χ3v) is 4.92. The second-order valence-corrected chi connectivity index (χ2v) is 6.91. The van der Waals surface area contributed by atoms with Crippen LogP contribution < -0.4 is 5.32 Å². The Labute approximate surface area is 163 Å². The van der Waals surface area contributed by atoms with E-state index in [-0.39, 0.29) is 11.7 Å². The van der Waals surface area contributed by atoms with Crippen LogP contribution in [0.25, 0.3) is 6.08 Å². The van der Waals surface area contributed by atoms with Crippen molar-refractivity contribution in [1.29, 1.82) is 0 Å². The zero-order valence-electron chi connectivity index (χ0n) is 14.7. The van der Waals surface area contributed by atoms with Gasteiger partial charge in [-0.15, -0.1) is 10.2 Å². The van der Waals surface area contributed by atoms with E-state index in [1.807, 2.05) is 19.1 Å². The first-order valence-electron chi connectivity index (χ1n) is 8.48. The van der Waals surface area contributed by atoms with E-state index in [0.717, 1.165) is 12.2 Å². The first kappa shape index (κ1) is 18.1. The van der Waals surface area contributed by atoms with Crippen LogP contribution in [0, 0.1) is 5.82 Å². The van der Waals surface area contributed by atoms with Gasteiger partial charge in [0.05, 0.1) is 4.91 Å². The molecule has 1 aliphatic heterocycles. The minimum absolute atomic E-state index is 0.274. The van der Waals surface area contributed by atoms with E-state index in [1.165, 1.54) is 23.9 Å². The lowest BCUT2D eigenvalue weighted by Gasteiger charge is -2.09. The lowest BCUT2D eigenvalue weighted by Crippen LogP contribution is -2.20. The highest BCUT2D eigenvalue weighted by molar-refractivity contribution is 8.18. The lowest BCUT2D eigenvalue weighted by atomic mass is 10.1. The van der Waals surface area contributed by atoms with Gasteiger partial charge in [0.25, 0.3) is 5.91 Å². The van der Waals surface area contributed by atoms with Crippen molar-refractivity contribution in [2.45, 2.75) is 19.4 Å². The quantitative estimate of drug-likeness (QED) is 0.640. The number of benzene rings is 1. The first-order valence-corrected chi connectivity index (χ1v) is 9.30. The molecule has 4 rings (SSSR count). The summed E-state index contributed by atoms with van der Waals surface area (Å²) in [6.07, 6.45) is 2.45. The van der Waals surface area contributed by atoms with Crippen LogP contribution in [0.1, 0.15) is 35.9 Å². The molecule has 10 heteroatoms. The number of hydrogen-bond acceptors (Lipinski definition) is 7. The molecule has 1 unspecified atom stereocenters. The Morgan fingerprint density at radius 3 is 2.79 bits per heavy atom. The van der Waals surface area contributed by atoms with Gasteiger partial charge in [-0.3, -0.25) is 4.79 Å². The second kappa shape index (κ2) is 7.77. The molecule has 1 saturated heterocycles. The predicted molar refractivity (Wildman–Crippen MR) is 102 cm³/mol. The van der Waals surface area contributed by atoms with Gasteiger partial charge in [0.1, 0.15) is 23.4 Å². The molecule has 142 valence electrons. The van der Waals surface area contributed by atoms with Crippen LogP contribution in [-0.4, -0.2) is 31.7 Å². The number of halogens is 1. The molecule has 2 aromatic heterocycles. The maximum absolute atomic E-state index is 13.3. The summed E-state index contributed by atoms with van der Waals surface area (Å²) >= 11 is 1.18. The first-order chi connectivity index (χ1) is 13.6. The summed E-state index contributed by atoms with van der Waals surface area (Å²) in [5, 5.41) is 17.0. The van der Waals surface area contributed by atoms with Crippen LogP contribution in [0.3, 0.4) is 0 Å². The van der Waals surface area contributed by atoms with Crippen molar-refractivity contribution in [3.63, 3.8) is 0 Å². The SMILES string of the molecule is CCc1ccc(/C=C2\SC(=NC(c3ccc(F)cc3)c3nn[nH]n3)NC2=O)o1. The highest BCUT2D eigenvalue weighted by Gasteiger charge is 2.27. The molecule has 28 heavy (non-hydrogen) atoms. The average Bonchev–Trinajstić information content (AvgIpc) is 3.43. The van der Waals surface area contributed by atoms with Gasteiger partial charge in [-0.05, 0) is 41.6 Å². The van der Waals surface area contributed by atoms with Crippen molar-refractivity contribution in [1.82, 2.24) is 25.9 Å². The van der Waals surface area contributed by atoms with E-state index in [4.69, 9.17) is 4.42 Å². The number of aryl methyl sites for hydroxylation is 1. The van der Waals surface area contributed by atoms with Gasteiger partial charge < -0.3 is 9.73 Å². The fourth-order valence-electron chi connectivity index (χ4n) is 2.61. The van der Waals surface area contributed by atoms with Crippen LogP contribution in [-0.2, 0) is 11.2 Å². The molecule has 1 atom stereocenters. The maximum Gasteiger partial charge on any atom is 0.264 e. The molecule has 1 aromatic carbocycles. The van der Waals surface area contributed by atoms with E-state index in [0.29, 0.717) is 27.2 Å². The third kappa shape index (κ3) is 3.86. The second-order valence-electron chi connectivity index (χ2n) is 5.88. The van der Waals surface area contributed by atoms with Gasteiger partial charge in [0.2, 0.25) is 5.82 Å². The number of aromatic nitrogens is 4. The number of nitrogens with zero attached hydrogens (tertiary/aromatic N) is 4. The number of amides is 1. The van der Waals surface area contributed by atoms with Gasteiger partial charge in [-0.2, -0.15) is 5.21 Å². The summed E-state index contributed by atoms with van der Waals surface area (Å²) in [5.41, 5.74) is 0.668. The summed E-state index contributed by atoms with van der Waals surface area (Å²) in [6, 6.07) is 8.89. The van der Waals surface area contributed by atoms with Crippen LogP contribution in [0.15, 0.2) is 50.7 Å². The number of amidine groups is 1. The normalized spacial score (nSPS) is 18.0. The van der Waals surface area contributed by atoms with Gasteiger partial charge in [-0.25, -0.2) is 9.38 Å². The monoisotopic (exact) mass is 398 g/mol. The van der Waals surface area contributed by atoms with E-state index in [2.05, 4.69) is 30.9 Å². The largest absolute Gasteiger partial charge is 0.462 e. The van der Waals surface area contributed by atoms with Crippen molar-refractivity contribution in [3.05, 3.63) is 70.0 Å². The molecule has 1 fully saturated rings. The molecule has 3 heterocycles. The molecular weight excluding hydrogens is 383 g/mol. The summed E-state index contributed by atoms with van der Waals surface area (Å²) in [5.74, 6) is 1.12. The smallest absolute Gasteiger partial charge is 0.264 e. The number of thioether (sulfide) groups is 1. The Bertz CT molecular complexity index is 1040. The third-order valence-electron chi connectivity index (χ3n) is 3.99. The molecule has 1 aliphatic rings. The number of nitrogens with one attached hydrogen (secondary N) is 2. The summed E-state index contributed by atoms with van der Waals surface area (Å²) in [7, 11) is 0. The topological polar surface area (TPSA) is 109 Å². The van der Waals surface area contributed by atoms with Gasteiger partial charge in [0.15, 0.2) is 5.17 Å². The minimum Gasteiger partial charge on any atom is -0.462 e. The van der Waals surface area contributed by atoms with Crippen molar-refractivity contribution in [3.8, 4) is 0 Å². The Balaban J connectivity index is 1.62. The van der Waals surface area contributed by atoms with Crippen LogP contribution in [0.5, 0.6) is 0 Å². The Morgan fingerprint density at radius 1 is 1.29 bits per heavy atom. The molecule has 2 N–H and O–H groups in total. The number of carbonyl (C=O) groups excluding carboxylic acids is 1. The number of tetrazole rings is 1. The predicted octanol–water partition coefficient (Wildman–Crippen LogP) is 2.84. The van der Waals surface area contributed by atoms with E-state index >= 15 is 0 Å². The number of H-pyrrole nitrogens is 1. The van der Waals surface area contributed by atoms with Gasteiger partial charge in [-0.1, -0.05) is 24.3 Å². The Hall–Kier alpha value is -3.27. The molecule has 0 radical (unpaired) electrons. The van der Waals surface area contributed by atoms with Crippen molar-refractivity contribution < 1.29 is 13.6 Å². The lowest BCUT2D eigenvalue weighted by molar-refractivity contribution is -0.115. The van der Waals surface area contributed by atoms with Crippen LogP contribution >= 0.6 is 11.8 Å². The highest BCUT2D eigenvalue weighted by Crippen LogP contribution is 2.30. The number of carbonyl (C=O) groups is 1. The molecule has 0 bridgehead atoms. The number of furan rings is 1. The fourth-order valence-corrected chi connectivity index (χ4v) is 3.44. The number of aliphatic imine (C=N–C) groups is 1. The summed E-state index contributed by atoms with van der Waals surface area (Å²) in [4.78, 5) is 17.3. The summed E-state index contributed by atoms with van der Waals surface area (Å²) in [6.45, 7) is 1.99. The highest BCUT2D eigenvalue weighted by atomic mass is 32.2. The Morgan fingerprint density at radius 2 is 2.11 bits per heavy atom. The van der Waals surface area contributed by atoms with Crippen LogP contribution in [0.4, 0.5) is 4.39 Å². The molecule has 0 aliphatic carbocycles. The number of rotatable bonds is 5.